The average molecular weight is 287 g/mol. The van der Waals surface area contributed by atoms with E-state index in [1.54, 1.807) is 7.11 Å². The molecule has 0 aromatic heterocycles. The van der Waals surface area contributed by atoms with E-state index in [4.69, 9.17) is 4.74 Å². The highest BCUT2D eigenvalue weighted by Crippen LogP contribution is 2.27. The Labute approximate surface area is 106 Å². The van der Waals surface area contributed by atoms with Gasteiger partial charge in [-0.2, -0.15) is 0 Å². The highest BCUT2D eigenvalue weighted by atomic mass is 79.9. The van der Waals surface area contributed by atoms with Crippen molar-refractivity contribution in [1.29, 1.82) is 0 Å². The van der Waals surface area contributed by atoms with Gasteiger partial charge in [0.2, 0.25) is 0 Å². The summed E-state index contributed by atoms with van der Waals surface area (Å²) < 4.78 is 6.37. The normalized spacial score (nSPS) is 14.6. The molecule has 0 saturated carbocycles. The SMILES string of the molecule is CCC(Cc1cc(Br)ccc1OC)C(C)O. The van der Waals surface area contributed by atoms with Crippen LogP contribution in [0.1, 0.15) is 25.8 Å². The highest BCUT2D eigenvalue weighted by molar-refractivity contribution is 9.10. The Morgan fingerprint density at radius 2 is 2.12 bits per heavy atom. The molecule has 16 heavy (non-hydrogen) atoms. The Hall–Kier alpha value is -0.540. The van der Waals surface area contributed by atoms with E-state index in [9.17, 15) is 5.11 Å². The van der Waals surface area contributed by atoms with Crippen LogP contribution >= 0.6 is 15.9 Å². The van der Waals surface area contributed by atoms with Crippen molar-refractivity contribution >= 4 is 15.9 Å². The van der Waals surface area contributed by atoms with Crippen molar-refractivity contribution in [3.63, 3.8) is 0 Å². The first-order valence-corrected chi connectivity index (χ1v) is 6.38. The number of hydrogen-bond donors (Lipinski definition) is 1. The average Bonchev–Trinajstić information content (AvgIpc) is 2.25. The van der Waals surface area contributed by atoms with E-state index in [2.05, 4.69) is 28.9 Å². The predicted molar refractivity (Wildman–Crippen MR) is 69.9 cm³/mol. The molecule has 1 N–H and O–H groups in total. The summed E-state index contributed by atoms with van der Waals surface area (Å²) in [4.78, 5) is 0. The van der Waals surface area contributed by atoms with Gasteiger partial charge in [-0.15, -0.1) is 0 Å². The van der Waals surface area contributed by atoms with Crippen LogP contribution in [-0.2, 0) is 6.42 Å². The van der Waals surface area contributed by atoms with Crippen LogP contribution in [-0.4, -0.2) is 18.3 Å². The monoisotopic (exact) mass is 286 g/mol. The summed E-state index contributed by atoms with van der Waals surface area (Å²) in [7, 11) is 1.68. The Kier molecular flexibility index (Phi) is 5.29. The Morgan fingerprint density at radius 3 is 2.62 bits per heavy atom. The van der Waals surface area contributed by atoms with Gasteiger partial charge in [0, 0.05) is 4.47 Å². The molecular weight excluding hydrogens is 268 g/mol. The van der Waals surface area contributed by atoms with E-state index in [0.29, 0.717) is 0 Å². The standard InChI is InChI=1S/C13H19BrO2/c1-4-10(9(2)15)7-11-8-12(14)5-6-13(11)16-3/h5-6,8-10,15H,4,7H2,1-3H3. The van der Waals surface area contributed by atoms with Gasteiger partial charge in [-0.25, -0.2) is 0 Å². The topological polar surface area (TPSA) is 29.5 Å². The van der Waals surface area contributed by atoms with Crippen LogP contribution in [0, 0.1) is 5.92 Å². The fraction of sp³-hybridized carbons (Fsp3) is 0.538. The minimum atomic E-state index is -0.284. The molecule has 0 aliphatic rings. The molecule has 0 fully saturated rings. The second kappa shape index (κ2) is 6.26. The van der Waals surface area contributed by atoms with Gasteiger partial charge >= 0.3 is 0 Å². The first-order chi connectivity index (χ1) is 7.58. The fourth-order valence-electron chi connectivity index (χ4n) is 1.85. The van der Waals surface area contributed by atoms with Crippen molar-refractivity contribution in [1.82, 2.24) is 0 Å². The lowest BCUT2D eigenvalue weighted by atomic mass is 9.92. The number of hydrogen-bond acceptors (Lipinski definition) is 2. The van der Waals surface area contributed by atoms with Crippen LogP contribution in [0.2, 0.25) is 0 Å². The summed E-state index contributed by atoms with van der Waals surface area (Å²) >= 11 is 3.46. The van der Waals surface area contributed by atoms with Gasteiger partial charge in [-0.3, -0.25) is 0 Å². The molecule has 1 aromatic carbocycles. The maximum atomic E-state index is 9.65. The number of aliphatic hydroxyl groups excluding tert-OH is 1. The van der Waals surface area contributed by atoms with Crippen LogP contribution < -0.4 is 4.74 Å². The van der Waals surface area contributed by atoms with Crippen LogP contribution in [0.3, 0.4) is 0 Å². The first-order valence-electron chi connectivity index (χ1n) is 5.59. The lowest BCUT2D eigenvalue weighted by molar-refractivity contribution is 0.122. The molecule has 90 valence electrons. The molecule has 1 aromatic rings. The predicted octanol–water partition coefficient (Wildman–Crippen LogP) is 3.41. The molecule has 0 radical (unpaired) electrons. The van der Waals surface area contributed by atoms with Crippen molar-refractivity contribution in [3.8, 4) is 5.75 Å². The molecule has 0 bridgehead atoms. The molecule has 2 nitrogen and oxygen atoms in total. The first kappa shape index (κ1) is 13.5. The third kappa shape index (κ3) is 3.49. The van der Waals surface area contributed by atoms with Crippen LogP contribution in [0.5, 0.6) is 5.75 Å². The molecule has 0 spiro atoms. The number of benzene rings is 1. The van der Waals surface area contributed by atoms with Crippen LogP contribution in [0.15, 0.2) is 22.7 Å². The van der Waals surface area contributed by atoms with E-state index in [0.717, 1.165) is 28.6 Å². The largest absolute Gasteiger partial charge is 0.496 e. The van der Waals surface area contributed by atoms with Crippen LogP contribution in [0.25, 0.3) is 0 Å². The highest BCUT2D eigenvalue weighted by Gasteiger charge is 2.15. The molecule has 0 saturated heterocycles. The second-order valence-corrected chi connectivity index (χ2v) is 4.98. The van der Waals surface area contributed by atoms with Gasteiger partial charge in [-0.05, 0) is 43.0 Å². The summed E-state index contributed by atoms with van der Waals surface area (Å²) in [6.45, 7) is 3.94. The molecule has 2 atom stereocenters. The van der Waals surface area contributed by atoms with Gasteiger partial charge < -0.3 is 9.84 Å². The third-order valence-corrected chi connectivity index (χ3v) is 3.42. The van der Waals surface area contributed by atoms with Gasteiger partial charge in [0.05, 0.1) is 13.2 Å². The van der Waals surface area contributed by atoms with E-state index >= 15 is 0 Å². The zero-order valence-electron chi connectivity index (χ0n) is 10.0. The van der Waals surface area contributed by atoms with Crippen molar-refractivity contribution in [2.75, 3.05) is 7.11 Å². The van der Waals surface area contributed by atoms with Gasteiger partial charge in [0.1, 0.15) is 5.75 Å². The van der Waals surface area contributed by atoms with E-state index < -0.39 is 0 Å². The van der Waals surface area contributed by atoms with Crippen molar-refractivity contribution in [3.05, 3.63) is 28.2 Å². The van der Waals surface area contributed by atoms with Gasteiger partial charge in [-0.1, -0.05) is 29.3 Å². The summed E-state index contributed by atoms with van der Waals surface area (Å²) in [6, 6.07) is 5.98. The van der Waals surface area contributed by atoms with Crippen molar-refractivity contribution < 1.29 is 9.84 Å². The number of ether oxygens (including phenoxy) is 1. The third-order valence-electron chi connectivity index (χ3n) is 2.93. The minimum absolute atomic E-state index is 0.281. The zero-order valence-corrected chi connectivity index (χ0v) is 11.6. The summed E-state index contributed by atoms with van der Waals surface area (Å²) in [5, 5.41) is 9.65. The van der Waals surface area contributed by atoms with Crippen LogP contribution in [0.4, 0.5) is 0 Å². The fourth-order valence-corrected chi connectivity index (χ4v) is 2.25. The Bertz CT molecular complexity index is 337. The van der Waals surface area contributed by atoms with Crippen molar-refractivity contribution in [2.24, 2.45) is 5.92 Å². The van der Waals surface area contributed by atoms with E-state index in [1.165, 1.54) is 0 Å². The smallest absolute Gasteiger partial charge is 0.122 e. The number of rotatable bonds is 5. The molecule has 0 amide bonds. The quantitative estimate of drug-likeness (QED) is 0.899. The molecule has 0 heterocycles. The maximum Gasteiger partial charge on any atom is 0.122 e. The summed E-state index contributed by atoms with van der Waals surface area (Å²) in [5.74, 6) is 1.17. The number of halogens is 1. The molecular formula is C13H19BrO2. The molecule has 0 aliphatic heterocycles. The molecule has 0 aliphatic carbocycles. The lowest BCUT2D eigenvalue weighted by Crippen LogP contribution is -2.18. The van der Waals surface area contributed by atoms with E-state index in [1.807, 2.05) is 19.1 Å². The number of methoxy groups -OCH3 is 1. The van der Waals surface area contributed by atoms with Gasteiger partial charge in [0.15, 0.2) is 0 Å². The second-order valence-electron chi connectivity index (χ2n) is 4.07. The van der Waals surface area contributed by atoms with E-state index in [-0.39, 0.29) is 12.0 Å². The zero-order chi connectivity index (χ0) is 12.1. The molecule has 2 unspecified atom stereocenters. The maximum absolute atomic E-state index is 9.65. The molecule has 3 heteroatoms. The Morgan fingerprint density at radius 1 is 1.44 bits per heavy atom. The van der Waals surface area contributed by atoms with Crippen molar-refractivity contribution in [2.45, 2.75) is 32.8 Å². The molecule has 1 rings (SSSR count). The summed E-state index contributed by atoms with van der Waals surface area (Å²) in [6.07, 6.45) is 1.53. The summed E-state index contributed by atoms with van der Waals surface area (Å²) in [5.41, 5.74) is 1.14. The number of aliphatic hydroxyl groups is 1. The minimum Gasteiger partial charge on any atom is -0.496 e. The van der Waals surface area contributed by atoms with Gasteiger partial charge in [0.25, 0.3) is 0 Å². The lowest BCUT2D eigenvalue weighted by Gasteiger charge is -2.19. The Balaban J connectivity index is 2.89.